The number of fused-ring (bicyclic) bond motifs is 1. The average molecular weight is 439 g/mol. The summed E-state index contributed by atoms with van der Waals surface area (Å²) in [5, 5.41) is 5.85. The number of benzene rings is 2. The van der Waals surface area contributed by atoms with Crippen LogP contribution in [0.15, 0.2) is 52.3 Å². The third-order valence-corrected chi connectivity index (χ3v) is 7.35. The van der Waals surface area contributed by atoms with Gasteiger partial charge in [0.1, 0.15) is 0 Å². The minimum atomic E-state index is -3.69. The summed E-state index contributed by atoms with van der Waals surface area (Å²) in [4.78, 5) is 24.9. The molecule has 1 atom stereocenters. The number of rotatable bonds is 5. The van der Waals surface area contributed by atoms with Crippen molar-refractivity contribution in [2.24, 2.45) is 0 Å². The number of hydrogen-bond acceptors (Lipinski definition) is 5. The van der Waals surface area contributed by atoms with Crippen LogP contribution in [0.4, 0.5) is 11.4 Å². The minimum absolute atomic E-state index is 0.0762. The highest BCUT2D eigenvalue weighted by atomic mass is 35.5. The number of para-hydroxylation sites is 1. The van der Waals surface area contributed by atoms with E-state index < -0.39 is 15.7 Å². The van der Waals surface area contributed by atoms with Gasteiger partial charge in [-0.1, -0.05) is 30.7 Å². The first-order valence-corrected chi connectivity index (χ1v) is 11.5. The SMILES string of the molecule is C[C@@H]1CC(=O)Nc2cc(S(=O)(=O)CCC(=O)Nc3ccccc3Cl)ccc2S1. The number of carbonyl (C=O) groups excluding carboxylic acids is 2. The molecule has 0 saturated carbocycles. The Hall–Kier alpha value is -2.03. The highest BCUT2D eigenvalue weighted by Gasteiger charge is 2.23. The maximum atomic E-state index is 12.6. The Labute approximate surface area is 173 Å². The first-order valence-electron chi connectivity index (χ1n) is 8.62. The van der Waals surface area contributed by atoms with Crippen LogP contribution >= 0.6 is 23.4 Å². The molecule has 0 fully saturated rings. The summed E-state index contributed by atoms with van der Waals surface area (Å²) in [7, 11) is -3.69. The van der Waals surface area contributed by atoms with Crippen LogP contribution < -0.4 is 10.6 Å². The number of anilines is 2. The van der Waals surface area contributed by atoms with E-state index in [4.69, 9.17) is 11.6 Å². The Morgan fingerprint density at radius 3 is 2.79 bits per heavy atom. The first-order chi connectivity index (χ1) is 13.2. The summed E-state index contributed by atoms with van der Waals surface area (Å²) in [6, 6.07) is 11.4. The van der Waals surface area contributed by atoms with E-state index in [1.54, 1.807) is 30.3 Å². The molecule has 9 heteroatoms. The molecular weight excluding hydrogens is 420 g/mol. The van der Waals surface area contributed by atoms with Crippen molar-refractivity contribution in [3.05, 3.63) is 47.5 Å². The molecule has 0 spiro atoms. The van der Waals surface area contributed by atoms with E-state index in [1.807, 2.05) is 6.92 Å². The number of hydrogen-bond donors (Lipinski definition) is 2. The molecule has 2 aromatic rings. The van der Waals surface area contributed by atoms with Crippen LogP contribution in [0.3, 0.4) is 0 Å². The topological polar surface area (TPSA) is 92.3 Å². The van der Waals surface area contributed by atoms with E-state index in [9.17, 15) is 18.0 Å². The van der Waals surface area contributed by atoms with Gasteiger partial charge in [0.25, 0.3) is 0 Å². The molecule has 1 aliphatic heterocycles. The third kappa shape index (κ3) is 5.06. The highest BCUT2D eigenvalue weighted by Crippen LogP contribution is 2.36. The average Bonchev–Trinajstić information content (AvgIpc) is 2.77. The number of sulfone groups is 1. The molecule has 148 valence electrons. The van der Waals surface area contributed by atoms with E-state index in [2.05, 4.69) is 10.6 Å². The molecule has 6 nitrogen and oxygen atoms in total. The van der Waals surface area contributed by atoms with Crippen LogP contribution in [0, 0.1) is 0 Å². The fourth-order valence-corrected chi connectivity index (χ4v) is 5.24. The molecule has 0 bridgehead atoms. The van der Waals surface area contributed by atoms with Crippen LogP contribution in [0.25, 0.3) is 0 Å². The standard InChI is InChI=1S/C19H19ClN2O4S2/c1-12-10-19(24)22-16-11-13(6-7-17(16)27-12)28(25,26)9-8-18(23)21-15-5-3-2-4-14(15)20/h2-7,11-12H,8-10H2,1H3,(H,21,23)(H,22,24)/t12-/m1/s1. The van der Waals surface area contributed by atoms with Gasteiger partial charge >= 0.3 is 0 Å². The number of halogens is 1. The summed E-state index contributed by atoms with van der Waals surface area (Å²) in [6.45, 7) is 1.95. The third-order valence-electron chi connectivity index (χ3n) is 4.13. The molecule has 0 aliphatic carbocycles. The van der Waals surface area contributed by atoms with Gasteiger partial charge in [-0.05, 0) is 30.3 Å². The molecule has 0 unspecified atom stereocenters. The number of thioether (sulfide) groups is 1. The molecule has 3 rings (SSSR count). The fourth-order valence-electron chi connectivity index (χ4n) is 2.74. The zero-order chi connectivity index (χ0) is 20.3. The maximum absolute atomic E-state index is 12.6. The summed E-state index contributed by atoms with van der Waals surface area (Å²) < 4.78 is 25.3. The predicted molar refractivity (Wildman–Crippen MR) is 112 cm³/mol. The number of nitrogens with one attached hydrogen (secondary N) is 2. The Bertz CT molecular complexity index is 1020. The van der Waals surface area contributed by atoms with Gasteiger partial charge in [0.2, 0.25) is 11.8 Å². The maximum Gasteiger partial charge on any atom is 0.225 e. The second kappa shape index (κ2) is 8.55. The second-order valence-corrected chi connectivity index (χ2v) is 10.4. The second-order valence-electron chi connectivity index (χ2n) is 6.44. The van der Waals surface area contributed by atoms with Gasteiger partial charge in [-0.25, -0.2) is 8.42 Å². The molecule has 0 saturated heterocycles. The molecule has 1 aliphatic rings. The molecule has 0 radical (unpaired) electrons. The monoisotopic (exact) mass is 438 g/mol. The van der Waals surface area contributed by atoms with Gasteiger partial charge in [0.15, 0.2) is 9.84 Å². The van der Waals surface area contributed by atoms with Crippen LogP contribution in [-0.2, 0) is 19.4 Å². The van der Waals surface area contributed by atoms with E-state index in [1.165, 1.54) is 23.9 Å². The van der Waals surface area contributed by atoms with Gasteiger partial charge < -0.3 is 10.6 Å². The number of amides is 2. The lowest BCUT2D eigenvalue weighted by molar-refractivity contribution is -0.116. The molecule has 2 N–H and O–H groups in total. The Morgan fingerprint density at radius 2 is 2.04 bits per heavy atom. The van der Waals surface area contributed by atoms with Crippen LogP contribution in [-0.4, -0.2) is 31.2 Å². The Morgan fingerprint density at radius 1 is 1.29 bits per heavy atom. The van der Waals surface area contributed by atoms with E-state index in [0.717, 1.165) is 4.90 Å². The summed E-state index contributed by atoms with van der Waals surface area (Å²) in [5.74, 6) is -0.934. The predicted octanol–water partition coefficient (Wildman–Crippen LogP) is 3.97. The zero-order valence-corrected chi connectivity index (χ0v) is 17.5. The molecular formula is C19H19ClN2O4S2. The van der Waals surface area contributed by atoms with Gasteiger partial charge in [0.05, 0.1) is 27.0 Å². The molecule has 0 aromatic heterocycles. The summed E-state index contributed by atoms with van der Waals surface area (Å²) in [5.41, 5.74) is 0.923. The van der Waals surface area contributed by atoms with E-state index in [0.29, 0.717) is 22.8 Å². The smallest absolute Gasteiger partial charge is 0.225 e. The van der Waals surface area contributed by atoms with Crippen molar-refractivity contribution >= 4 is 56.4 Å². The highest BCUT2D eigenvalue weighted by molar-refractivity contribution is 8.00. The van der Waals surface area contributed by atoms with Crippen molar-refractivity contribution in [1.29, 1.82) is 0 Å². The van der Waals surface area contributed by atoms with E-state index in [-0.39, 0.29) is 28.2 Å². The van der Waals surface area contributed by atoms with Gasteiger partial charge in [-0.3, -0.25) is 9.59 Å². The first kappa shape index (κ1) is 20.7. The molecule has 1 heterocycles. The van der Waals surface area contributed by atoms with Crippen LogP contribution in [0.2, 0.25) is 5.02 Å². The van der Waals surface area contributed by atoms with Gasteiger partial charge in [0, 0.05) is 23.0 Å². The largest absolute Gasteiger partial charge is 0.325 e. The van der Waals surface area contributed by atoms with Gasteiger partial charge in [-0.15, -0.1) is 11.8 Å². The van der Waals surface area contributed by atoms with E-state index >= 15 is 0 Å². The normalized spacial score (nSPS) is 16.6. The van der Waals surface area contributed by atoms with Crippen LogP contribution in [0.1, 0.15) is 19.8 Å². The minimum Gasteiger partial charge on any atom is -0.325 e. The Kier molecular flexibility index (Phi) is 6.32. The Balaban J connectivity index is 1.70. The zero-order valence-electron chi connectivity index (χ0n) is 15.1. The quantitative estimate of drug-likeness (QED) is 0.736. The van der Waals surface area contributed by atoms with Crippen molar-refractivity contribution in [1.82, 2.24) is 0 Å². The lowest BCUT2D eigenvalue weighted by Crippen LogP contribution is -2.18. The number of carbonyl (C=O) groups is 2. The van der Waals surface area contributed by atoms with Crippen molar-refractivity contribution in [2.75, 3.05) is 16.4 Å². The van der Waals surface area contributed by atoms with Crippen molar-refractivity contribution < 1.29 is 18.0 Å². The molecule has 2 aromatic carbocycles. The van der Waals surface area contributed by atoms with Gasteiger partial charge in [-0.2, -0.15) is 0 Å². The van der Waals surface area contributed by atoms with Crippen molar-refractivity contribution in [3.8, 4) is 0 Å². The molecule has 28 heavy (non-hydrogen) atoms. The molecule has 2 amide bonds. The lowest BCUT2D eigenvalue weighted by Gasteiger charge is -2.11. The van der Waals surface area contributed by atoms with Crippen molar-refractivity contribution in [3.63, 3.8) is 0 Å². The fraction of sp³-hybridized carbons (Fsp3) is 0.263. The summed E-state index contributed by atoms with van der Waals surface area (Å²) in [6.07, 6.45) is 0.159. The lowest BCUT2D eigenvalue weighted by atomic mass is 10.3. The van der Waals surface area contributed by atoms with Crippen LogP contribution in [0.5, 0.6) is 0 Å². The summed E-state index contributed by atoms with van der Waals surface area (Å²) >= 11 is 7.51. The van der Waals surface area contributed by atoms with Crippen molar-refractivity contribution in [2.45, 2.75) is 34.8 Å².